The van der Waals surface area contributed by atoms with Gasteiger partial charge in [-0.05, 0) is 50.2 Å². The molecule has 1 aliphatic rings. The first-order valence-electron chi connectivity index (χ1n) is 9.49. The Morgan fingerprint density at radius 1 is 0.567 bits per heavy atom. The van der Waals surface area contributed by atoms with Gasteiger partial charge in [0.2, 0.25) is 0 Å². The fraction of sp³-hybridized carbons (Fsp3) is 0.182. The van der Waals surface area contributed by atoms with Gasteiger partial charge in [-0.15, -0.1) is 0 Å². The number of fused-ring (bicyclic) bond motifs is 1. The Hall–Kier alpha value is -2.84. The average Bonchev–Trinajstić information content (AvgIpc) is 2.73. The Bertz CT molecular complexity index is 1180. The van der Waals surface area contributed by atoms with E-state index in [-0.39, 0.29) is 22.9 Å². The molecule has 3 aromatic carbocycles. The van der Waals surface area contributed by atoms with Crippen LogP contribution in [0, 0.1) is 13.8 Å². The minimum Gasteiger partial charge on any atom is -0.262 e. The molecule has 0 bridgehead atoms. The molecule has 1 heterocycles. The molecule has 6 nitrogen and oxygen atoms in total. The number of rotatable bonds is 4. The van der Waals surface area contributed by atoms with E-state index in [9.17, 15) is 16.8 Å². The third-order valence-electron chi connectivity index (χ3n) is 5.14. The largest absolute Gasteiger partial charge is 0.264 e. The number of nitrogens with zero attached hydrogens (tertiary/aromatic N) is 2. The van der Waals surface area contributed by atoms with E-state index >= 15 is 0 Å². The van der Waals surface area contributed by atoms with Gasteiger partial charge in [0.05, 0.1) is 34.3 Å². The summed E-state index contributed by atoms with van der Waals surface area (Å²) in [7, 11) is -7.64. The van der Waals surface area contributed by atoms with Crippen molar-refractivity contribution < 1.29 is 16.8 Å². The van der Waals surface area contributed by atoms with Crippen LogP contribution in [0.15, 0.2) is 82.6 Å². The van der Waals surface area contributed by atoms with E-state index in [4.69, 9.17) is 0 Å². The Kier molecular flexibility index (Phi) is 5.07. The summed E-state index contributed by atoms with van der Waals surface area (Å²) in [5, 5.41) is 0. The molecule has 1 aliphatic heterocycles. The van der Waals surface area contributed by atoms with Crippen LogP contribution in [0.5, 0.6) is 0 Å². The molecule has 0 saturated carbocycles. The van der Waals surface area contributed by atoms with E-state index in [1.165, 1.54) is 8.61 Å². The van der Waals surface area contributed by atoms with Crippen LogP contribution in [0.1, 0.15) is 11.1 Å². The van der Waals surface area contributed by atoms with Crippen LogP contribution in [0.4, 0.5) is 11.4 Å². The third-order valence-corrected chi connectivity index (χ3v) is 8.80. The van der Waals surface area contributed by atoms with Crippen LogP contribution in [-0.2, 0) is 20.0 Å². The number of para-hydroxylation sites is 2. The van der Waals surface area contributed by atoms with Crippen molar-refractivity contribution >= 4 is 31.4 Å². The molecule has 0 saturated heterocycles. The van der Waals surface area contributed by atoms with Crippen molar-refractivity contribution in [1.29, 1.82) is 0 Å². The van der Waals surface area contributed by atoms with Crippen LogP contribution in [-0.4, -0.2) is 29.9 Å². The Labute approximate surface area is 177 Å². The Morgan fingerprint density at radius 3 is 1.23 bits per heavy atom. The second-order valence-corrected chi connectivity index (χ2v) is 11.0. The molecule has 0 aromatic heterocycles. The first-order valence-corrected chi connectivity index (χ1v) is 12.4. The van der Waals surface area contributed by atoms with Crippen LogP contribution in [0.2, 0.25) is 0 Å². The highest BCUT2D eigenvalue weighted by Crippen LogP contribution is 2.39. The summed E-state index contributed by atoms with van der Waals surface area (Å²) in [5.74, 6) is 0. The molecule has 0 aliphatic carbocycles. The number of aryl methyl sites for hydroxylation is 2. The monoisotopic (exact) mass is 442 g/mol. The number of hydrogen-bond donors (Lipinski definition) is 0. The van der Waals surface area contributed by atoms with Gasteiger partial charge in [-0.1, -0.05) is 47.5 Å². The summed E-state index contributed by atoms with van der Waals surface area (Å²) in [6, 6.07) is 20.0. The van der Waals surface area contributed by atoms with Crippen molar-refractivity contribution in [1.82, 2.24) is 0 Å². The molecule has 0 amide bonds. The van der Waals surface area contributed by atoms with E-state index < -0.39 is 20.0 Å². The van der Waals surface area contributed by atoms with Crippen molar-refractivity contribution in [2.45, 2.75) is 23.6 Å². The van der Waals surface area contributed by atoms with Crippen LogP contribution >= 0.6 is 0 Å². The zero-order chi connectivity index (χ0) is 21.5. The molecule has 0 N–H and O–H groups in total. The predicted molar refractivity (Wildman–Crippen MR) is 118 cm³/mol. The molecule has 0 unspecified atom stereocenters. The minimum atomic E-state index is -3.82. The lowest BCUT2D eigenvalue weighted by Gasteiger charge is -2.37. The van der Waals surface area contributed by atoms with Gasteiger partial charge >= 0.3 is 0 Å². The van der Waals surface area contributed by atoms with Crippen molar-refractivity contribution in [3.63, 3.8) is 0 Å². The normalized spacial score (nSPS) is 14.5. The molecular formula is C22H22N2O4S2. The molecule has 3 aromatic rings. The van der Waals surface area contributed by atoms with Crippen molar-refractivity contribution in [3.05, 3.63) is 83.9 Å². The maximum atomic E-state index is 13.3. The molecule has 0 radical (unpaired) electrons. The first kappa shape index (κ1) is 20.4. The SMILES string of the molecule is Cc1ccc(S(=O)(=O)N2CCN(S(=O)(=O)c3ccc(C)cc3)c3ccccc32)cc1. The lowest BCUT2D eigenvalue weighted by Crippen LogP contribution is -2.46. The van der Waals surface area contributed by atoms with Gasteiger partial charge in [0.15, 0.2) is 0 Å². The standard InChI is InChI=1S/C22H22N2O4S2/c1-17-7-11-19(12-8-17)29(25,26)23-15-16-24(22-6-4-3-5-21(22)23)30(27,28)20-13-9-18(2)10-14-20/h3-14H,15-16H2,1-2H3. The number of hydrogen-bond acceptors (Lipinski definition) is 4. The summed E-state index contributed by atoms with van der Waals surface area (Å²) in [6.45, 7) is 3.83. The molecule has 8 heteroatoms. The molecule has 0 fully saturated rings. The minimum absolute atomic E-state index is 0.0261. The molecule has 0 spiro atoms. The molecule has 0 atom stereocenters. The zero-order valence-electron chi connectivity index (χ0n) is 16.7. The Balaban J connectivity index is 1.78. The second-order valence-electron chi connectivity index (χ2n) is 7.27. The maximum absolute atomic E-state index is 13.3. The quantitative estimate of drug-likeness (QED) is 0.617. The molecule has 156 valence electrons. The summed E-state index contributed by atoms with van der Waals surface area (Å²) in [4.78, 5) is 0.357. The van der Waals surface area contributed by atoms with Gasteiger partial charge in [0.1, 0.15) is 0 Å². The van der Waals surface area contributed by atoms with Gasteiger partial charge in [-0.25, -0.2) is 16.8 Å². The molecule has 4 rings (SSSR count). The van der Waals surface area contributed by atoms with E-state index in [1.54, 1.807) is 72.8 Å². The van der Waals surface area contributed by atoms with Gasteiger partial charge in [0, 0.05) is 0 Å². The third kappa shape index (κ3) is 3.46. The van der Waals surface area contributed by atoms with E-state index in [0.717, 1.165) is 11.1 Å². The van der Waals surface area contributed by atoms with E-state index in [2.05, 4.69) is 0 Å². The first-order chi connectivity index (χ1) is 14.2. The zero-order valence-corrected chi connectivity index (χ0v) is 18.3. The topological polar surface area (TPSA) is 74.8 Å². The van der Waals surface area contributed by atoms with E-state index in [1.807, 2.05) is 13.8 Å². The highest BCUT2D eigenvalue weighted by atomic mass is 32.2. The summed E-state index contributed by atoms with van der Waals surface area (Å²) < 4.78 is 55.7. The summed E-state index contributed by atoms with van der Waals surface area (Å²) in [6.07, 6.45) is 0. The highest BCUT2D eigenvalue weighted by Gasteiger charge is 2.36. The van der Waals surface area contributed by atoms with Crippen LogP contribution in [0.25, 0.3) is 0 Å². The summed E-state index contributed by atoms with van der Waals surface area (Å²) in [5.41, 5.74) is 2.62. The highest BCUT2D eigenvalue weighted by molar-refractivity contribution is 7.93. The lowest BCUT2D eigenvalue weighted by molar-refractivity contribution is 0.581. The average molecular weight is 443 g/mol. The van der Waals surface area contributed by atoms with Crippen LogP contribution in [0.3, 0.4) is 0 Å². The van der Waals surface area contributed by atoms with Crippen LogP contribution < -0.4 is 8.61 Å². The fourth-order valence-corrected chi connectivity index (χ4v) is 6.42. The summed E-state index contributed by atoms with van der Waals surface area (Å²) >= 11 is 0. The molecule has 30 heavy (non-hydrogen) atoms. The number of sulfonamides is 2. The second kappa shape index (κ2) is 7.45. The van der Waals surface area contributed by atoms with Crippen molar-refractivity contribution in [3.8, 4) is 0 Å². The predicted octanol–water partition coefficient (Wildman–Crippen LogP) is 3.71. The Morgan fingerprint density at radius 2 is 0.900 bits per heavy atom. The van der Waals surface area contributed by atoms with E-state index in [0.29, 0.717) is 11.4 Å². The van der Waals surface area contributed by atoms with Crippen molar-refractivity contribution in [2.24, 2.45) is 0 Å². The molecular weight excluding hydrogens is 420 g/mol. The van der Waals surface area contributed by atoms with Gasteiger partial charge in [-0.3, -0.25) is 8.61 Å². The maximum Gasteiger partial charge on any atom is 0.264 e. The smallest absolute Gasteiger partial charge is 0.262 e. The van der Waals surface area contributed by atoms with Gasteiger partial charge in [-0.2, -0.15) is 0 Å². The number of benzene rings is 3. The fourth-order valence-electron chi connectivity index (χ4n) is 3.48. The van der Waals surface area contributed by atoms with Gasteiger partial charge in [0.25, 0.3) is 20.0 Å². The van der Waals surface area contributed by atoms with Gasteiger partial charge < -0.3 is 0 Å². The van der Waals surface area contributed by atoms with Crippen molar-refractivity contribution in [2.75, 3.05) is 21.7 Å². The number of anilines is 2. The lowest BCUT2D eigenvalue weighted by atomic mass is 10.2.